The van der Waals surface area contributed by atoms with E-state index in [0.29, 0.717) is 24.2 Å². The van der Waals surface area contributed by atoms with Crippen LogP contribution in [0.5, 0.6) is 0 Å². The number of carbonyl (C=O) groups is 2. The van der Waals surface area contributed by atoms with Crippen molar-refractivity contribution >= 4 is 17.5 Å². The number of rotatable bonds is 7. The third-order valence-corrected chi connectivity index (χ3v) is 6.65. The van der Waals surface area contributed by atoms with E-state index in [4.69, 9.17) is 0 Å². The Labute approximate surface area is 202 Å². The highest BCUT2D eigenvalue weighted by Gasteiger charge is 2.37. The number of amides is 2. The first-order valence-electron chi connectivity index (χ1n) is 11.7. The van der Waals surface area contributed by atoms with Crippen LogP contribution in [0.2, 0.25) is 0 Å². The number of aromatic nitrogens is 4. The summed E-state index contributed by atoms with van der Waals surface area (Å²) in [5, 5.41) is 16.8. The van der Waals surface area contributed by atoms with Crippen molar-refractivity contribution in [1.82, 2.24) is 25.3 Å². The molecule has 3 N–H and O–H groups in total. The molecule has 1 aromatic carbocycles. The molecule has 0 radical (unpaired) electrons. The van der Waals surface area contributed by atoms with Crippen molar-refractivity contribution in [2.24, 2.45) is 13.0 Å². The van der Waals surface area contributed by atoms with E-state index in [0.717, 1.165) is 22.5 Å². The summed E-state index contributed by atoms with van der Waals surface area (Å²) >= 11 is 0. The minimum Gasteiger partial charge on any atom is -0.339 e. The van der Waals surface area contributed by atoms with E-state index < -0.39 is 17.9 Å². The fraction of sp³-hybridized carbons (Fsp3) is 0.440. The van der Waals surface area contributed by atoms with Gasteiger partial charge in [-0.25, -0.2) is 8.78 Å². The lowest BCUT2D eigenvalue weighted by molar-refractivity contribution is -0.118. The van der Waals surface area contributed by atoms with Crippen LogP contribution in [0.3, 0.4) is 0 Å². The Morgan fingerprint density at radius 2 is 1.86 bits per heavy atom. The van der Waals surface area contributed by atoms with Gasteiger partial charge in [0.2, 0.25) is 11.8 Å². The van der Waals surface area contributed by atoms with Gasteiger partial charge in [0, 0.05) is 43.0 Å². The standard InChI is InChI=1S/C25H30F2N6O2/c1-15-22(16(2)32-31-15)18-4-6-19(7-5-18)29-23(34)20(14-17-8-11-25(26,27)12-9-17)30-24(35)21-10-13-28-33(21)3/h4-7,10,13,17,20H,8-9,11-12,14H2,1-3H3,(H,29,34)(H,30,35)(H,31,32)/t20-/m0/s1. The smallest absolute Gasteiger partial charge is 0.270 e. The van der Waals surface area contributed by atoms with Crippen LogP contribution >= 0.6 is 0 Å². The topological polar surface area (TPSA) is 105 Å². The summed E-state index contributed by atoms with van der Waals surface area (Å²) in [6.45, 7) is 3.87. The summed E-state index contributed by atoms with van der Waals surface area (Å²) in [4.78, 5) is 26.0. The zero-order valence-corrected chi connectivity index (χ0v) is 20.1. The van der Waals surface area contributed by atoms with E-state index in [1.807, 2.05) is 26.0 Å². The largest absolute Gasteiger partial charge is 0.339 e. The molecule has 1 saturated carbocycles. The Kier molecular flexibility index (Phi) is 7.00. The van der Waals surface area contributed by atoms with Gasteiger partial charge in [0.15, 0.2) is 0 Å². The molecule has 0 aliphatic heterocycles. The minimum absolute atomic E-state index is 0.0772. The Hall–Kier alpha value is -3.56. The molecule has 2 heterocycles. The van der Waals surface area contributed by atoms with Crippen LogP contribution in [0.15, 0.2) is 36.5 Å². The van der Waals surface area contributed by atoms with Gasteiger partial charge in [-0.1, -0.05) is 12.1 Å². The number of carbonyl (C=O) groups excluding carboxylic acids is 2. The van der Waals surface area contributed by atoms with Gasteiger partial charge in [-0.05, 0) is 62.8 Å². The lowest BCUT2D eigenvalue weighted by Crippen LogP contribution is -2.46. The number of nitrogens with one attached hydrogen (secondary N) is 3. The molecular weight excluding hydrogens is 454 g/mol. The quantitative estimate of drug-likeness (QED) is 0.463. The molecular formula is C25H30F2N6O2. The van der Waals surface area contributed by atoms with Crippen molar-refractivity contribution in [2.45, 2.75) is 57.9 Å². The fourth-order valence-electron chi connectivity index (χ4n) is 4.66. The zero-order chi connectivity index (χ0) is 25.2. The van der Waals surface area contributed by atoms with Gasteiger partial charge in [0.1, 0.15) is 11.7 Å². The summed E-state index contributed by atoms with van der Waals surface area (Å²) < 4.78 is 28.7. The number of aromatic amines is 1. The molecule has 4 rings (SSSR count). The van der Waals surface area contributed by atoms with Gasteiger partial charge < -0.3 is 10.6 Å². The van der Waals surface area contributed by atoms with Crippen LogP contribution in [0.1, 0.15) is 54.0 Å². The second kappa shape index (κ2) is 9.97. The monoisotopic (exact) mass is 484 g/mol. The summed E-state index contributed by atoms with van der Waals surface area (Å²) in [7, 11) is 1.64. The van der Waals surface area contributed by atoms with Crippen LogP contribution in [0.4, 0.5) is 14.5 Å². The van der Waals surface area contributed by atoms with Crippen molar-refractivity contribution in [1.29, 1.82) is 0 Å². The third kappa shape index (κ3) is 5.75. The molecule has 0 bridgehead atoms. The third-order valence-electron chi connectivity index (χ3n) is 6.65. The zero-order valence-electron chi connectivity index (χ0n) is 20.1. The average Bonchev–Trinajstić information content (AvgIpc) is 3.39. The molecule has 0 saturated heterocycles. The van der Waals surface area contributed by atoms with Crippen molar-refractivity contribution in [3.05, 3.63) is 53.6 Å². The van der Waals surface area contributed by atoms with Gasteiger partial charge in [0.05, 0.1) is 5.69 Å². The summed E-state index contributed by atoms with van der Waals surface area (Å²) in [6, 6.07) is 8.07. The molecule has 3 aromatic rings. The number of anilines is 1. The highest BCUT2D eigenvalue weighted by molar-refractivity contribution is 6.00. The highest BCUT2D eigenvalue weighted by Crippen LogP contribution is 2.38. The van der Waals surface area contributed by atoms with E-state index in [1.165, 1.54) is 10.9 Å². The molecule has 0 unspecified atom stereocenters. The van der Waals surface area contributed by atoms with Crippen LogP contribution in [0, 0.1) is 19.8 Å². The Morgan fingerprint density at radius 3 is 2.43 bits per heavy atom. The fourth-order valence-corrected chi connectivity index (χ4v) is 4.66. The first-order chi connectivity index (χ1) is 16.6. The Morgan fingerprint density at radius 1 is 1.17 bits per heavy atom. The van der Waals surface area contributed by atoms with E-state index in [-0.39, 0.29) is 31.1 Å². The van der Waals surface area contributed by atoms with E-state index >= 15 is 0 Å². The number of alkyl halides is 2. The second-order valence-corrected chi connectivity index (χ2v) is 9.28. The lowest BCUT2D eigenvalue weighted by atomic mass is 9.82. The van der Waals surface area contributed by atoms with Gasteiger partial charge in [0.25, 0.3) is 5.91 Å². The first kappa shape index (κ1) is 24.6. The van der Waals surface area contributed by atoms with Crippen LogP contribution < -0.4 is 10.6 Å². The van der Waals surface area contributed by atoms with Gasteiger partial charge in [-0.2, -0.15) is 10.2 Å². The average molecular weight is 485 g/mol. The summed E-state index contributed by atoms with van der Waals surface area (Å²) in [6.07, 6.45) is 2.02. The Bertz CT molecular complexity index is 1170. The molecule has 2 amide bonds. The lowest BCUT2D eigenvalue weighted by Gasteiger charge is -2.30. The van der Waals surface area contributed by atoms with Crippen molar-refractivity contribution in [3.63, 3.8) is 0 Å². The van der Waals surface area contributed by atoms with Crippen LogP contribution in [-0.2, 0) is 11.8 Å². The maximum absolute atomic E-state index is 13.6. The minimum atomic E-state index is -2.65. The maximum Gasteiger partial charge on any atom is 0.270 e. The molecule has 1 atom stereocenters. The number of hydrogen-bond donors (Lipinski definition) is 3. The second-order valence-electron chi connectivity index (χ2n) is 9.28. The van der Waals surface area contributed by atoms with E-state index in [9.17, 15) is 18.4 Å². The summed E-state index contributed by atoms with van der Waals surface area (Å²) in [5.41, 5.74) is 4.71. The molecule has 10 heteroatoms. The molecule has 1 fully saturated rings. The molecule has 2 aromatic heterocycles. The normalized spacial score (nSPS) is 16.6. The number of benzene rings is 1. The summed E-state index contributed by atoms with van der Waals surface area (Å²) in [5.74, 6) is -3.56. The van der Waals surface area contributed by atoms with E-state index in [2.05, 4.69) is 25.9 Å². The predicted molar refractivity (Wildman–Crippen MR) is 128 cm³/mol. The SMILES string of the molecule is Cc1n[nH]c(C)c1-c1ccc(NC(=O)[C@H](CC2CCC(F)(F)CC2)NC(=O)c2ccnn2C)cc1. The number of H-pyrrole nitrogens is 1. The van der Waals surface area contributed by atoms with Gasteiger partial charge in [-0.15, -0.1) is 0 Å². The number of halogens is 2. The molecule has 35 heavy (non-hydrogen) atoms. The van der Waals surface area contributed by atoms with Gasteiger partial charge >= 0.3 is 0 Å². The predicted octanol–water partition coefficient (Wildman–Crippen LogP) is 4.38. The molecule has 0 spiro atoms. The molecule has 8 nitrogen and oxygen atoms in total. The molecule has 1 aliphatic rings. The highest BCUT2D eigenvalue weighted by atomic mass is 19.3. The van der Waals surface area contributed by atoms with Gasteiger partial charge in [-0.3, -0.25) is 19.4 Å². The first-order valence-corrected chi connectivity index (χ1v) is 11.7. The van der Waals surface area contributed by atoms with E-state index in [1.54, 1.807) is 25.2 Å². The Balaban J connectivity index is 1.48. The van der Waals surface area contributed by atoms with Crippen LogP contribution in [-0.4, -0.2) is 43.8 Å². The maximum atomic E-state index is 13.6. The van der Waals surface area contributed by atoms with Crippen molar-refractivity contribution in [3.8, 4) is 11.1 Å². The molecule has 186 valence electrons. The molecule has 1 aliphatic carbocycles. The number of hydrogen-bond acceptors (Lipinski definition) is 4. The number of aryl methyl sites for hydroxylation is 3. The number of nitrogens with zero attached hydrogens (tertiary/aromatic N) is 3. The van der Waals surface area contributed by atoms with Crippen molar-refractivity contribution < 1.29 is 18.4 Å². The van der Waals surface area contributed by atoms with Crippen LogP contribution in [0.25, 0.3) is 11.1 Å². The van der Waals surface area contributed by atoms with Crippen molar-refractivity contribution in [2.75, 3.05) is 5.32 Å².